The number of rotatable bonds is 7. The second-order valence-corrected chi connectivity index (χ2v) is 7.72. The van der Waals surface area contributed by atoms with Crippen LogP contribution in [-0.2, 0) is 10.2 Å². The number of hydrogen-bond acceptors (Lipinski definition) is 2. The van der Waals surface area contributed by atoms with Crippen LogP contribution in [0.5, 0.6) is 0 Å². The fourth-order valence-corrected chi connectivity index (χ4v) is 3.30. The topological polar surface area (TPSA) is 29.1 Å². The fraction of sp³-hybridized carbons (Fsp3) is 0.350. The minimum atomic E-state index is -0.676. The summed E-state index contributed by atoms with van der Waals surface area (Å²) in [6, 6.07) is 20.0. The van der Waals surface area contributed by atoms with Gasteiger partial charge in [-0.1, -0.05) is 74.5 Å². The van der Waals surface area contributed by atoms with Gasteiger partial charge in [0.15, 0.2) is 0 Å². The van der Waals surface area contributed by atoms with Crippen molar-refractivity contribution in [1.29, 1.82) is 0 Å². The van der Waals surface area contributed by atoms with Crippen LogP contribution in [0.1, 0.15) is 31.9 Å². The highest BCUT2D eigenvalue weighted by Gasteiger charge is 2.36. The predicted molar refractivity (Wildman–Crippen MR) is 99.9 cm³/mol. The van der Waals surface area contributed by atoms with Gasteiger partial charge in [0.1, 0.15) is 0 Å². The maximum Gasteiger partial charge on any atom is 0.234 e. The largest absolute Gasteiger partial charge is 0.354 e. The van der Waals surface area contributed by atoms with Crippen LogP contribution in [-0.4, -0.2) is 23.5 Å². The summed E-state index contributed by atoms with van der Waals surface area (Å²) in [5.41, 5.74) is 1.35. The van der Waals surface area contributed by atoms with Gasteiger partial charge in [0.25, 0.3) is 0 Å². The van der Waals surface area contributed by atoms with E-state index in [1.165, 1.54) is 0 Å². The molecular formula is C20H25NOS. The minimum Gasteiger partial charge on any atom is -0.354 e. The van der Waals surface area contributed by atoms with Crippen LogP contribution in [0.4, 0.5) is 0 Å². The highest BCUT2D eigenvalue weighted by atomic mass is 32.2. The second kappa shape index (κ2) is 8.21. The van der Waals surface area contributed by atoms with Crippen molar-refractivity contribution in [1.82, 2.24) is 5.32 Å². The molecule has 2 aromatic rings. The lowest BCUT2D eigenvalue weighted by Crippen LogP contribution is -2.44. The Hall–Kier alpha value is -1.74. The van der Waals surface area contributed by atoms with Crippen LogP contribution < -0.4 is 5.32 Å². The van der Waals surface area contributed by atoms with Gasteiger partial charge in [0.05, 0.1) is 5.41 Å². The van der Waals surface area contributed by atoms with Crippen LogP contribution in [0.15, 0.2) is 60.7 Å². The Bertz CT molecular complexity index is 571. The molecule has 2 aromatic carbocycles. The third kappa shape index (κ3) is 4.38. The molecule has 1 amide bonds. The lowest BCUT2D eigenvalue weighted by molar-refractivity contribution is -0.124. The molecule has 0 saturated carbocycles. The maximum atomic E-state index is 13.0. The maximum absolute atomic E-state index is 13.0. The summed E-state index contributed by atoms with van der Waals surface area (Å²) in [5, 5.41) is 3.70. The highest BCUT2D eigenvalue weighted by molar-refractivity contribution is 7.99. The van der Waals surface area contributed by atoms with Crippen LogP contribution in [0.25, 0.3) is 0 Å². The lowest BCUT2D eigenvalue weighted by Gasteiger charge is -2.29. The van der Waals surface area contributed by atoms with Gasteiger partial charge in [0.2, 0.25) is 5.91 Å². The molecule has 0 aliphatic carbocycles. The SMILES string of the molecule is CC(C)SCCNC(=O)C(C)(c1ccccc1)c1ccccc1. The Labute approximate surface area is 143 Å². The van der Waals surface area contributed by atoms with E-state index in [0.29, 0.717) is 11.8 Å². The summed E-state index contributed by atoms with van der Waals surface area (Å²) >= 11 is 1.86. The van der Waals surface area contributed by atoms with Gasteiger partial charge in [-0.25, -0.2) is 0 Å². The average molecular weight is 327 g/mol. The molecule has 0 saturated heterocycles. The molecule has 0 bridgehead atoms. The van der Waals surface area contributed by atoms with Gasteiger partial charge in [-0.3, -0.25) is 4.79 Å². The Morgan fingerprint density at radius 1 is 1.00 bits per heavy atom. The summed E-state index contributed by atoms with van der Waals surface area (Å²) in [4.78, 5) is 13.0. The molecule has 0 radical (unpaired) electrons. The lowest BCUT2D eigenvalue weighted by atomic mass is 9.75. The number of amides is 1. The first-order valence-electron chi connectivity index (χ1n) is 8.06. The van der Waals surface area contributed by atoms with E-state index in [1.54, 1.807) is 0 Å². The van der Waals surface area contributed by atoms with Crippen LogP contribution >= 0.6 is 11.8 Å². The first kappa shape index (κ1) is 17.6. The van der Waals surface area contributed by atoms with Crippen molar-refractivity contribution in [2.75, 3.05) is 12.3 Å². The molecule has 3 heteroatoms. The minimum absolute atomic E-state index is 0.0549. The number of carbonyl (C=O) groups is 1. The van der Waals surface area contributed by atoms with E-state index < -0.39 is 5.41 Å². The third-order valence-corrected chi connectivity index (χ3v) is 5.10. The molecular weight excluding hydrogens is 302 g/mol. The standard InChI is InChI=1S/C20H25NOS/c1-16(2)23-15-14-21-19(22)20(3,17-10-6-4-7-11-17)18-12-8-5-9-13-18/h4-13,16H,14-15H2,1-3H3,(H,21,22). The van der Waals surface area contributed by atoms with Gasteiger partial charge in [-0.15, -0.1) is 0 Å². The number of thioether (sulfide) groups is 1. The summed E-state index contributed by atoms with van der Waals surface area (Å²) in [6.07, 6.45) is 0. The van der Waals surface area contributed by atoms with Gasteiger partial charge < -0.3 is 5.32 Å². The fourth-order valence-electron chi connectivity index (χ4n) is 2.61. The van der Waals surface area contributed by atoms with E-state index in [-0.39, 0.29) is 5.91 Å². The van der Waals surface area contributed by atoms with Crippen LogP contribution in [0.2, 0.25) is 0 Å². The molecule has 0 unspecified atom stereocenters. The van der Waals surface area contributed by atoms with Gasteiger partial charge in [-0.05, 0) is 23.3 Å². The van der Waals surface area contributed by atoms with Crippen molar-refractivity contribution in [3.8, 4) is 0 Å². The Balaban J connectivity index is 2.23. The molecule has 122 valence electrons. The number of carbonyl (C=O) groups excluding carboxylic acids is 1. The Kier molecular flexibility index (Phi) is 6.28. The monoisotopic (exact) mass is 327 g/mol. The summed E-state index contributed by atoms with van der Waals surface area (Å²) in [5.74, 6) is 0.988. The molecule has 0 aliphatic heterocycles. The van der Waals surface area contributed by atoms with Gasteiger partial charge >= 0.3 is 0 Å². The summed E-state index contributed by atoms with van der Waals surface area (Å²) in [7, 11) is 0. The molecule has 0 heterocycles. The molecule has 23 heavy (non-hydrogen) atoms. The van der Waals surface area contributed by atoms with E-state index in [9.17, 15) is 4.79 Å². The Morgan fingerprint density at radius 3 is 1.91 bits per heavy atom. The van der Waals surface area contributed by atoms with E-state index in [0.717, 1.165) is 16.9 Å². The van der Waals surface area contributed by atoms with Crippen LogP contribution in [0, 0.1) is 0 Å². The van der Waals surface area contributed by atoms with Gasteiger partial charge in [0, 0.05) is 12.3 Å². The normalized spacial score (nSPS) is 11.5. The molecule has 0 aromatic heterocycles. The Morgan fingerprint density at radius 2 is 1.48 bits per heavy atom. The zero-order valence-corrected chi connectivity index (χ0v) is 14.9. The number of hydrogen-bond donors (Lipinski definition) is 1. The van der Waals surface area contributed by atoms with Crippen molar-refractivity contribution in [2.24, 2.45) is 0 Å². The second-order valence-electron chi connectivity index (χ2n) is 6.03. The van der Waals surface area contributed by atoms with E-state index in [2.05, 4.69) is 19.2 Å². The third-order valence-electron chi connectivity index (χ3n) is 4.00. The van der Waals surface area contributed by atoms with E-state index in [4.69, 9.17) is 0 Å². The number of nitrogens with one attached hydrogen (secondary N) is 1. The smallest absolute Gasteiger partial charge is 0.234 e. The zero-order valence-electron chi connectivity index (χ0n) is 14.1. The van der Waals surface area contributed by atoms with Crippen LogP contribution in [0.3, 0.4) is 0 Å². The number of benzene rings is 2. The van der Waals surface area contributed by atoms with E-state index in [1.807, 2.05) is 79.3 Å². The average Bonchev–Trinajstić information content (AvgIpc) is 2.59. The first-order valence-corrected chi connectivity index (χ1v) is 9.11. The van der Waals surface area contributed by atoms with Crippen molar-refractivity contribution in [2.45, 2.75) is 31.4 Å². The molecule has 0 spiro atoms. The molecule has 2 rings (SSSR count). The van der Waals surface area contributed by atoms with Gasteiger partial charge in [-0.2, -0.15) is 11.8 Å². The first-order chi connectivity index (χ1) is 11.0. The van der Waals surface area contributed by atoms with Crippen molar-refractivity contribution < 1.29 is 4.79 Å². The van der Waals surface area contributed by atoms with Crippen molar-refractivity contribution in [3.63, 3.8) is 0 Å². The molecule has 0 atom stereocenters. The van der Waals surface area contributed by atoms with E-state index >= 15 is 0 Å². The quantitative estimate of drug-likeness (QED) is 0.770. The summed E-state index contributed by atoms with van der Waals surface area (Å²) in [6.45, 7) is 7.04. The molecule has 2 nitrogen and oxygen atoms in total. The predicted octanol–water partition coefficient (Wildman–Crippen LogP) is 4.25. The van der Waals surface area contributed by atoms with Crippen molar-refractivity contribution in [3.05, 3.63) is 71.8 Å². The summed E-state index contributed by atoms with van der Waals surface area (Å²) < 4.78 is 0. The molecule has 0 aliphatic rings. The van der Waals surface area contributed by atoms with Crippen molar-refractivity contribution >= 4 is 17.7 Å². The molecule has 0 fully saturated rings. The highest BCUT2D eigenvalue weighted by Crippen LogP contribution is 2.32. The molecule has 1 N–H and O–H groups in total. The zero-order chi connectivity index (χ0) is 16.7.